The molecule has 2 rings (SSSR count). The number of carbonyl (C=O) groups is 1. The molecule has 5 heteroatoms. The van der Waals surface area contributed by atoms with Crippen LogP contribution in [0.25, 0.3) is 5.65 Å². The van der Waals surface area contributed by atoms with Crippen LogP contribution in [0.1, 0.15) is 6.92 Å². The first kappa shape index (κ1) is 9.45. The topological polar surface area (TPSA) is 46.4 Å². The van der Waals surface area contributed by atoms with Crippen molar-refractivity contribution in [2.75, 3.05) is 5.32 Å². The van der Waals surface area contributed by atoms with E-state index >= 15 is 0 Å². The minimum Gasteiger partial charge on any atom is -0.323 e. The largest absolute Gasteiger partial charge is 0.323 e. The Kier molecular flexibility index (Phi) is 2.40. The normalized spacial score (nSPS) is 10.4. The lowest BCUT2D eigenvalue weighted by atomic mass is 10.4. The average molecular weight is 301 g/mol. The first-order valence-electron chi connectivity index (χ1n) is 4.07. The van der Waals surface area contributed by atoms with Crippen LogP contribution in [0.3, 0.4) is 0 Å². The van der Waals surface area contributed by atoms with Gasteiger partial charge in [0, 0.05) is 13.1 Å². The Morgan fingerprint density at radius 1 is 1.64 bits per heavy atom. The van der Waals surface area contributed by atoms with Crippen LogP contribution in [0.15, 0.2) is 24.5 Å². The second-order valence-electron chi connectivity index (χ2n) is 2.88. The van der Waals surface area contributed by atoms with Gasteiger partial charge in [-0.1, -0.05) is 0 Å². The van der Waals surface area contributed by atoms with Crippen LogP contribution >= 0.6 is 22.6 Å². The summed E-state index contributed by atoms with van der Waals surface area (Å²) in [5.74, 6) is -0.0869. The lowest BCUT2D eigenvalue weighted by molar-refractivity contribution is -0.114. The summed E-state index contributed by atoms with van der Waals surface area (Å²) in [5, 5.41) is 2.74. The maximum Gasteiger partial charge on any atom is 0.221 e. The zero-order chi connectivity index (χ0) is 10.1. The summed E-state index contributed by atoms with van der Waals surface area (Å²) in [7, 11) is 0. The fourth-order valence-corrected chi connectivity index (χ4v) is 1.80. The van der Waals surface area contributed by atoms with Crippen LogP contribution < -0.4 is 5.32 Å². The zero-order valence-corrected chi connectivity index (χ0v) is 9.65. The van der Waals surface area contributed by atoms with E-state index in [2.05, 4.69) is 32.9 Å². The fraction of sp³-hybridized carbons (Fsp3) is 0.111. The Bertz CT molecular complexity index is 492. The molecule has 2 aromatic heterocycles. The molecule has 1 amide bonds. The Labute approximate surface area is 94.5 Å². The molecule has 2 heterocycles. The number of carbonyl (C=O) groups excluding carboxylic acids is 1. The highest BCUT2D eigenvalue weighted by Crippen LogP contribution is 2.17. The van der Waals surface area contributed by atoms with Gasteiger partial charge >= 0.3 is 0 Å². The third-order valence-corrected chi connectivity index (χ3v) is 2.60. The molecule has 1 N–H and O–H groups in total. The van der Waals surface area contributed by atoms with Crippen molar-refractivity contribution in [3.05, 3.63) is 28.2 Å². The first-order valence-corrected chi connectivity index (χ1v) is 5.15. The maximum absolute atomic E-state index is 10.9. The van der Waals surface area contributed by atoms with Crippen molar-refractivity contribution in [3.8, 4) is 0 Å². The molecule has 0 saturated heterocycles. The van der Waals surface area contributed by atoms with Crippen molar-refractivity contribution in [3.63, 3.8) is 0 Å². The summed E-state index contributed by atoms with van der Waals surface area (Å²) < 4.78 is 2.94. The summed E-state index contributed by atoms with van der Waals surface area (Å²) in [6, 6.07) is 3.71. The SMILES string of the molecule is CC(=O)Nc1cccn2c(I)cnc12. The van der Waals surface area contributed by atoms with Gasteiger partial charge in [0.05, 0.1) is 11.9 Å². The van der Waals surface area contributed by atoms with E-state index in [4.69, 9.17) is 0 Å². The smallest absolute Gasteiger partial charge is 0.221 e. The van der Waals surface area contributed by atoms with E-state index in [9.17, 15) is 4.79 Å². The van der Waals surface area contributed by atoms with Gasteiger partial charge in [0.15, 0.2) is 5.65 Å². The minimum absolute atomic E-state index is 0.0869. The average Bonchev–Trinajstić information content (AvgIpc) is 2.49. The van der Waals surface area contributed by atoms with Crippen molar-refractivity contribution in [1.29, 1.82) is 0 Å². The van der Waals surface area contributed by atoms with Crippen LogP contribution in [0, 0.1) is 3.70 Å². The Morgan fingerprint density at radius 2 is 2.43 bits per heavy atom. The van der Waals surface area contributed by atoms with E-state index in [-0.39, 0.29) is 5.91 Å². The molecule has 0 bridgehead atoms. The monoisotopic (exact) mass is 301 g/mol. The second kappa shape index (κ2) is 3.56. The van der Waals surface area contributed by atoms with Gasteiger partial charge in [-0.2, -0.15) is 0 Å². The van der Waals surface area contributed by atoms with Crippen molar-refractivity contribution < 1.29 is 4.79 Å². The molecule has 0 spiro atoms. The van der Waals surface area contributed by atoms with Gasteiger partial charge < -0.3 is 5.32 Å². The minimum atomic E-state index is -0.0869. The molecule has 14 heavy (non-hydrogen) atoms. The van der Waals surface area contributed by atoms with Gasteiger partial charge in [-0.05, 0) is 34.7 Å². The number of imidazole rings is 1. The summed E-state index contributed by atoms with van der Waals surface area (Å²) in [5.41, 5.74) is 1.51. The van der Waals surface area contributed by atoms with Gasteiger partial charge in [-0.3, -0.25) is 9.20 Å². The van der Waals surface area contributed by atoms with Crippen LogP contribution in [0.2, 0.25) is 0 Å². The molecule has 0 saturated carbocycles. The van der Waals surface area contributed by atoms with Crippen LogP contribution in [-0.2, 0) is 4.79 Å². The molecule has 72 valence electrons. The Morgan fingerprint density at radius 3 is 3.14 bits per heavy atom. The molecular weight excluding hydrogens is 293 g/mol. The summed E-state index contributed by atoms with van der Waals surface area (Å²) >= 11 is 2.19. The zero-order valence-electron chi connectivity index (χ0n) is 7.49. The number of anilines is 1. The molecule has 0 atom stereocenters. The van der Waals surface area contributed by atoms with E-state index in [1.807, 2.05) is 22.7 Å². The van der Waals surface area contributed by atoms with Crippen molar-refractivity contribution in [2.24, 2.45) is 0 Å². The first-order chi connectivity index (χ1) is 6.68. The number of nitrogens with zero attached hydrogens (tertiary/aromatic N) is 2. The summed E-state index contributed by atoms with van der Waals surface area (Å²) in [4.78, 5) is 15.1. The van der Waals surface area contributed by atoms with E-state index in [1.54, 1.807) is 6.20 Å². The lowest BCUT2D eigenvalue weighted by Gasteiger charge is -2.03. The Hall–Kier alpha value is -1.11. The molecule has 0 aliphatic heterocycles. The molecule has 0 radical (unpaired) electrons. The molecule has 0 aliphatic carbocycles. The van der Waals surface area contributed by atoms with Crippen LogP contribution in [-0.4, -0.2) is 15.3 Å². The predicted molar refractivity (Wildman–Crippen MR) is 62.2 cm³/mol. The highest BCUT2D eigenvalue weighted by atomic mass is 127. The third-order valence-electron chi connectivity index (χ3n) is 1.80. The number of amides is 1. The van der Waals surface area contributed by atoms with Gasteiger partial charge in [0.1, 0.15) is 3.70 Å². The maximum atomic E-state index is 10.9. The second-order valence-corrected chi connectivity index (χ2v) is 3.98. The molecular formula is C9H8IN3O. The van der Waals surface area contributed by atoms with Gasteiger partial charge in [0.25, 0.3) is 0 Å². The number of fused-ring (bicyclic) bond motifs is 1. The van der Waals surface area contributed by atoms with E-state index in [0.717, 1.165) is 15.0 Å². The number of hydrogen-bond donors (Lipinski definition) is 1. The number of halogens is 1. The Balaban J connectivity index is 2.59. The standard InChI is InChI=1S/C9H8IN3O/c1-6(14)12-7-3-2-4-13-8(10)5-11-9(7)13/h2-5H,1H3,(H,12,14). The van der Waals surface area contributed by atoms with Crippen molar-refractivity contribution in [2.45, 2.75) is 6.92 Å². The molecule has 0 aromatic carbocycles. The molecule has 2 aromatic rings. The van der Waals surface area contributed by atoms with Crippen LogP contribution in [0.5, 0.6) is 0 Å². The van der Waals surface area contributed by atoms with Gasteiger partial charge in [-0.25, -0.2) is 4.98 Å². The lowest BCUT2D eigenvalue weighted by Crippen LogP contribution is -2.07. The summed E-state index contributed by atoms with van der Waals surface area (Å²) in [6.45, 7) is 1.48. The predicted octanol–water partition coefficient (Wildman–Crippen LogP) is 1.90. The highest BCUT2D eigenvalue weighted by Gasteiger charge is 2.05. The number of nitrogens with one attached hydrogen (secondary N) is 1. The molecule has 4 nitrogen and oxygen atoms in total. The van der Waals surface area contributed by atoms with Crippen molar-refractivity contribution in [1.82, 2.24) is 9.38 Å². The van der Waals surface area contributed by atoms with E-state index in [0.29, 0.717) is 0 Å². The number of pyridine rings is 1. The van der Waals surface area contributed by atoms with E-state index in [1.165, 1.54) is 6.92 Å². The third kappa shape index (κ3) is 1.59. The summed E-state index contributed by atoms with van der Waals surface area (Å²) in [6.07, 6.45) is 3.68. The highest BCUT2D eigenvalue weighted by molar-refractivity contribution is 14.1. The molecule has 0 aliphatic rings. The van der Waals surface area contributed by atoms with Gasteiger partial charge in [0.2, 0.25) is 5.91 Å². The number of rotatable bonds is 1. The quantitative estimate of drug-likeness (QED) is 0.818. The van der Waals surface area contributed by atoms with E-state index < -0.39 is 0 Å². The number of hydrogen-bond acceptors (Lipinski definition) is 2. The fourth-order valence-electron chi connectivity index (χ4n) is 1.27. The molecule has 0 unspecified atom stereocenters. The molecule has 0 fully saturated rings. The van der Waals surface area contributed by atoms with Gasteiger partial charge in [-0.15, -0.1) is 0 Å². The van der Waals surface area contributed by atoms with Crippen molar-refractivity contribution >= 4 is 39.8 Å². The number of aromatic nitrogens is 2. The van der Waals surface area contributed by atoms with Crippen LogP contribution in [0.4, 0.5) is 5.69 Å².